The number of likely N-dealkylation sites (tertiary alicyclic amines) is 1. The predicted molar refractivity (Wildman–Crippen MR) is 71.5 cm³/mol. The van der Waals surface area contributed by atoms with E-state index in [1.165, 1.54) is 5.56 Å². The summed E-state index contributed by atoms with van der Waals surface area (Å²) >= 11 is 0. The Kier molecular flexibility index (Phi) is 3.71. The number of benzene rings is 1. The van der Waals surface area contributed by atoms with Crippen molar-refractivity contribution in [3.05, 3.63) is 35.9 Å². The molecule has 0 radical (unpaired) electrons. The van der Waals surface area contributed by atoms with E-state index in [0.29, 0.717) is 6.42 Å². The highest BCUT2D eigenvalue weighted by molar-refractivity contribution is 5.79. The minimum Gasteiger partial charge on any atom is -0.480 e. The quantitative estimate of drug-likeness (QED) is 0.889. The van der Waals surface area contributed by atoms with Gasteiger partial charge in [-0.25, -0.2) is 0 Å². The number of aliphatic carboxylic acids is 1. The Morgan fingerprint density at radius 1 is 1.44 bits per heavy atom. The van der Waals surface area contributed by atoms with Gasteiger partial charge in [0, 0.05) is 6.04 Å². The van der Waals surface area contributed by atoms with Crippen LogP contribution < -0.4 is 0 Å². The molecular weight excluding hydrogens is 226 g/mol. The van der Waals surface area contributed by atoms with Crippen molar-refractivity contribution >= 4 is 5.97 Å². The topological polar surface area (TPSA) is 40.5 Å². The average molecular weight is 247 g/mol. The lowest BCUT2D eigenvalue weighted by Crippen LogP contribution is -2.50. The van der Waals surface area contributed by atoms with Crippen molar-refractivity contribution in [1.29, 1.82) is 0 Å². The monoisotopic (exact) mass is 247 g/mol. The van der Waals surface area contributed by atoms with E-state index in [0.717, 1.165) is 19.4 Å². The molecule has 18 heavy (non-hydrogen) atoms. The maximum Gasteiger partial charge on any atom is 0.324 e. The first-order valence-electron chi connectivity index (χ1n) is 6.67. The molecule has 1 aromatic carbocycles. The fourth-order valence-electron chi connectivity index (χ4n) is 3.14. The number of carbonyl (C=O) groups is 1. The summed E-state index contributed by atoms with van der Waals surface area (Å²) in [7, 11) is 0. The van der Waals surface area contributed by atoms with Gasteiger partial charge in [-0.05, 0) is 38.3 Å². The molecule has 3 nitrogen and oxygen atoms in total. The Bertz CT molecular complexity index is 418. The summed E-state index contributed by atoms with van der Waals surface area (Å²) in [5, 5.41) is 9.59. The van der Waals surface area contributed by atoms with Crippen LogP contribution in [0.4, 0.5) is 0 Å². The highest BCUT2D eigenvalue weighted by atomic mass is 16.4. The second-order valence-electron chi connectivity index (χ2n) is 5.07. The van der Waals surface area contributed by atoms with E-state index in [2.05, 4.69) is 24.0 Å². The van der Waals surface area contributed by atoms with Crippen LogP contribution >= 0.6 is 0 Å². The average Bonchev–Trinajstić information content (AvgIpc) is 2.84. The first-order chi connectivity index (χ1) is 8.62. The molecule has 3 heteroatoms. The smallest absolute Gasteiger partial charge is 0.324 e. The van der Waals surface area contributed by atoms with Crippen LogP contribution in [0.5, 0.6) is 0 Å². The molecule has 1 aromatic rings. The summed E-state index contributed by atoms with van der Waals surface area (Å²) in [4.78, 5) is 13.8. The summed E-state index contributed by atoms with van der Waals surface area (Å²) in [5.74, 6) is -0.676. The number of hydrogen-bond acceptors (Lipinski definition) is 2. The zero-order chi connectivity index (χ0) is 13.2. The number of hydrogen-bond donors (Lipinski definition) is 1. The molecule has 0 saturated carbocycles. The first-order valence-corrected chi connectivity index (χ1v) is 6.67. The van der Waals surface area contributed by atoms with Gasteiger partial charge < -0.3 is 5.11 Å². The van der Waals surface area contributed by atoms with Gasteiger partial charge in [0.05, 0.1) is 0 Å². The second kappa shape index (κ2) is 5.11. The summed E-state index contributed by atoms with van der Waals surface area (Å²) in [6.07, 6.45) is 2.40. The van der Waals surface area contributed by atoms with Crippen LogP contribution in [0.1, 0.15) is 44.7 Å². The Morgan fingerprint density at radius 2 is 2.11 bits per heavy atom. The fourth-order valence-corrected chi connectivity index (χ4v) is 3.14. The molecule has 1 aliphatic heterocycles. The van der Waals surface area contributed by atoms with Gasteiger partial charge in [0.25, 0.3) is 0 Å². The van der Waals surface area contributed by atoms with Gasteiger partial charge in [0.2, 0.25) is 0 Å². The van der Waals surface area contributed by atoms with Crippen molar-refractivity contribution in [1.82, 2.24) is 4.90 Å². The van der Waals surface area contributed by atoms with E-state index in [-0.39, 0.29) is 6.04 Å². The molecule has 0 aliphatic carbocycles. The largest absolute Gasteiger partial charge is 0.480 e. The molecule has 0 bridgehead atoms. The molecular formula is C15H21NO2. The standard InChI is InChI=1S/C15H21NO2/c1-3-15(14(17)18)10-7-11-16(15)12(2)13-8-5-4-6-9-13/h4-6,8-9,12H,3,7,10-11H2,1-2H3,(H,17,18). The minimum absolute atomic E-state index is 0.157. The van der Waals surface area contributed by atoms with Gasteiger partial charge >= 0.3 is 5.97 Å². The van der Waals surface area contributed by atoms with Crippen molar-refractivity contribution in [3.8, 4) is 0 Å². The van der Waals surface area contributed by atoms with Crippen molar-refractivity contribution in [2.24, 2.45) is 0 Å². The Hall–Kier alpha value is -1.35. The van der Waals surface area contributed by atoms with Gasteiger partial charge in [0.1, 0.15) is 5.54 Å². The number of carboxylic acids is 1. The summed E-state index contributed by atoms with van der Waals surface area (Å²) < 4.78 is 0. The SMILES string of the molecule is CCC1(C(=O)O)CCCN1C(C)c1ccccc1. The number of nitrogens with zero attached hydrogens (tertiary/aromatic N) is 1. The van der Waals surface area contributed by atoms with Gasteiger partial charge in [-0.15, -0.1) is 0 Å². The third-order valence-corrected chi connectivity index (χ3v) is 4.27. The van der Waals surface area contributed by atoms with Crippen LogP contribution in [-0.2, 0) is 4.79 Å². The molecule has 1 heterocycles. The molecule has 0 aromatic heterocycles. The van der Waals surface area contributed by atoms with Crippen molar-refractivity contribution < 1.29 is 9.90 Å². The summed E-state index contributed by atoms with van der Waals surface area (Å²) in [6.45, 7) is 4.95. The molecule has 2 unspecified atom stereocenters. The zero-order valence-electron chi connectivity index (χ0n) is 11.1. The summed E-state index contributed by atoms with van der Waals surface area (Å²) in [6, 6.07) is 10.3. The van der Waals surface area contributed by atoms with E-state index < -0.39 is 11.5 Å². The van der Waals surface area contributed by atoms with Crippen LogP contribution in [0.2, 0.25) is 0 Å². The fraction of sp³-hybridized carbons (Fsp3) is 0.533. The van der Waals surface area contributed by atoms with Gasteiger partial charge in [-0.2, -0.15) is 0 Å². The van der Waals surface area contributed by atoms with E-state index in [1.807, 2.05) is 25.1 Å². The van der Waals surface area contributed by atoms with Crippen molar-refractivity contribution in [2.75, 3.05) is 6.54 Å². The van der Waals surface area contributed by atoms with Gasteiger partial charge in [-0.1, -0.05) is 37.3 Å². The van der Waals surface area contributed by atoms with E-state index in [9.17, 15) is 9.90 Å². The van der Waals surface area contributed by atoms with Gasteiger partial charge in [0.15, 0.2) is 0 Å². The van der Waals surface area contributed by atoms with E-state index >= 15 is 0 Å². The Morgan fingerprint density at radius 3 is 2.67 bits per heavy atom. The number of rotatable bonds is 4. The highest BCUT2D eigenvalue weighted by Crippen LogP contribution is 2.39. The predicted octanol–water partition coefficient (Wildman–Crippen LogP) is 3.08. The molecule has 98 valence electrons. The minimum atomic E-state index is -0.676. The van der Waals surface area contributed by atoms with Crippen LogP contribution in [0.15, 0.2) is 30.3 Å². The third-order valence-electron chi connectivity index (χ3n) is 4.27. The lowest BCUT2D eigenvalue weighted by atomic mass is 9.91. The van der Waals surface area contributed by atoms with Crippen molar-refractivity contribution in [2.45, 2.75) is 44.7 Å². The molecule has 1 N–H and O–H groups in total. The van der Waals surface area contributed by atoms with Crippen LogP contribution in [0.3, 0.4) is 0 Å². The molecule has 2 rings (SSSR count). The third kappa shape index (κ3) is 2.03. The van der Waals surface area contributed by atoms with Crippen LogP contribution in [0.25, 0.3) is 0 Å². The maximum absolute atomic E-state index is 11.7. The second-order valence-corrected chi connectivity index (χ2v) is 5.07. The lowest BCUT2D eigenvalue weighted by molar-refractivity contribution is -0.151. The molecule has 1 fully saturated rings. The van der Waals surface area contributed by atoms with Crippen LogP contribution in [0, 0.1) is 0 Å². The van der Waals surface area contributed by atoms with Crippen LogP contribution in [-0.4, -0.2) is 28.1 Å². The van der Waals surface area contributed by atoms with E-state index in [4.69, 9.17) is 0 Å². The normalized spacial score (nSPS) is 26.1. The summed E-state index contributed by atoms with van der Waals surface area (Å²) in [5.41, 5.74) is 0.522. The molecule has 1 saturated heterocycles. The first kappa shape index (κ1) is 13.1. The lowest BCUT2D eigenvalue weighted by Gasteiger charge is -2.38. The van der Waals surface area contributed by atoms with E-state index in [1.54, 1.807) is 0 Å². The molecule has 1 aliphatic rings. The molecule has 0 spiro atoms. The molecule has 0 amide bonds. The number of carboxylic acid groups (broad SMARTS) is 1. The maximum atomic E-state index is 11.7. The Labute approximate surface area is 108 Å². The zero-order valence-corrected chi connectivity index (χ0v) is 11.1. The Balaban J connectivity index is 2.29. The van der Waals surface area contributed by atoms with Gasteiger partial charge in [-0.3, -0.25) is 9.69 Å². The highest BCUT2D eigenvalue weighted by Gasteiger charge is 2.48. The van der Waals surface area contributed by atoms with Crippen molar-refractivity contribution in [3.63, 3.8) is 0 Å². The molecule has 2 atom stereocenters.